The molecule has 2 rings (SSSR count). The number of nitrogens with zero attached hydrogens (tertiary/aromatic N) is 3. The van der Waals surface area contributed by atoms with E-state index in [0.29, 0.717) is 15.6 Å². The zero-order valence-corrected chi connectivity index (χ0v) is 11.3. The lowest BCUT2D eigenvalue weighted by atomic mass is 10.2. The fourth-order valence-electron chi connectivity index (χ4n) is 1.23. The maximum absolute atomic E-state index is 11.3. The van der Waals surface area contributed by atoms with E-state index in [1.165, 1.54) is 6.21 Å². The Balaban J connectivity index is 2.13. The van der Waals surface area contributed by atoms with E-state index in [4.69, 9.17) is 23.2 Å². The van der Waals surface area contributed by atoms with Crippen molar-refractivity contribution in [1.29, 1.82) is 0 Å². The molecule has 1 aromatic heterocycles. The van der Waals surface area contributed by atoms with Crippen LogP contribution in [0, 0.1) is 6.92 Å². The van der Waals surface area contributed by atoms with Crippen LogP contribution >= 0.6 is 23.2 Å². The fraction of sp³-hybridized carbons (Fsp3) is 0.0909. The molecule has 0 saturated heterocycles. The lowest BCUT2D eigenvalue weighted by Gasteiger charge is -2.00. The van der Waals surface area contributed by atoms with Gasteiger partial charge in [-0.2, -0.15) is 5.10 Å². The number of rotatable bonds is 3. The summed E-state index contributed by atoms with van der Waals surface area (Å²) in [5.41, 5.74) is 3.15. The molecule has 1 aromatic carbocycles. The minimum atomic E-state index is -0.325. The van der Waals surface area contributed by atoms with Gasteiger partial charge in [-0.1, -0.05) is 35.3 Å². The zero-order chi connectivity index (χ0) is 13.8. The van der Waals surface area contributed by atoms with Gasteiger partial charge in [0.05, 0.1) is 16.3 Å². The van der Waals surface area contributed by atoms with Gasteiger partial charge in [0, 0.05) is 5.56 Å². The van der Waals surface area contributed by atoms with Crippen molar-refractivity contribution in [2.24, 2.45) is 5.10 Å². The average Bonchev–Trinajstić information content (AvgIpc) is 2.39. The Hall–Kier alpha value is -1.92. The van der Waals surface area contributed by atoms with Crippen molar-refractivity contribution < 1.29 is 0 Å². The van der Waals surface area contributed by atoms with Crippen LogP contribution < -0.4 is 11.0 Å². The SMILES string of the molecule is Cc1nnc(NN=Cc2cccc(Cl)c2Cl)[nH]c1=O. The molecule has 0 aliphatic rings. The number of hydrogen-bond acceptors (Lipinski definition) is 5. The van der Waals surface area contributed by atoms with E-state index < -0.39 is 0 Å². The molecule has 0 aliphatic heterocycles. The molecule has 19 heavy (non-hydrogen) atoms. The van der Waals surface area contributed by atoms with Crippen LogP contribution in [-0.2, 0) is 0 Å². The third-order valence-electron chi connectivity index (χ3n) is 2.22. The first kappa shape index (κ1) is 13.5. The summed E-state index contributed by atoms with van der Waals surface area (Å²) in [6.45, 7) is 1.56. The van der Waals surface area contributed by atoms with Crippen molar-refractivity contribution in [1.82, 2.24) is 15.2 Å². The van der Waals surface area contributed by atoms with Crippen molar-refractivity contribution in [2.75, 3.05) is 5.43 Å². The van der Waals surface area contributed by atoms with Gasteiger partial charge < -0.3 is 0 Å². The molecule has 0 amide bonds. The number of benzene rings is 1. The van der Waals surface area contributed by atoms with Crippen molar-refractivity contribution in [3.05, 3.63) is 49.9 Å². The molecule has 98 valence electrons. The standard InChI is InChI=1S/C11H9Cl2N5O/c1-6-10(19)15-11(18-16-6)17-14-5-7-3-2-4-8(12)9(7)13/h2-5H,1H3,(H2,15,17,18,19). The lowest BCUT2D eigenvalue weighted by molar-refractivity contribution is 0.897. The smallest absolute Gasteiger partial charge is 0.274 e. The van der Waals surface area contributed by atoms with Crippen LogP contribution in [0.4, 0.5) is 5.95 Å². The van der Waals surface area contributed by atoms with Crippen LogP contribution in [0.2, 0.25) is 10.0 Å². The van der Waals surface area contributed by atoms with Gasteiger partial charge in [0.25, 0.3) is 5.56 Å². The van der Waals surface area contributed by atoms with Gasteiger partial charge in [0.15, 0.2) is 0 Å². The second-order valence-corrected chi connectivity index (χ2v) is 4.39. The number of nitrogens with one attached hydrogen (secondary N) is 2. The van der Waals surface area contributed by atoms with Gasteiger partial charge in [-0.3, -0.25) is 9.78 Å². The van der Waals surface area contributed by atoms with Crippen molar-refractivity contribution in [3.63, 3.8) is 0 Å². The van der Waals surface area contributed by atoms with E-state index in [2.05, 4.69) is 25.7 Å². The van der Waals surface area contributed by atoms with E-state index in [1.54, 1.807) is 25.1 Å². The second kappa shape index (κ2) is 5.81. The van der Waals surface area contributed by atoms with E-state index >= 15 is 0 Å². The van der Waals surface area contributed by atoms with Gasteiger partial charge in [-0.25, -0.2) is 5.43 Å². The van der Waals surface area contributed by atoms with E-state index in [1.807, 2.05) is 0 Å². The third-order valence-corrected chi connectivity index (χ3v) is 3.05. The highest BCUT2D eigenvalue weighted by atomic mass is 35.5. The summed E-state index contributed by atoms with van der Waals surface area (Å²) in [5, 5.41) is 12.1. The predicted molar refractivity (Wildman–Crippen MR) is 75.1 cm³/mol. The molecular formula is C11H9Cl2N5O. The average molecular weight is 298 g/mol. The van der Waals surface area contributed by atoms with E-state index in [9.17, 15) is 4.79 Å². The number of aryl methyl sites for hydroxylation is 1. The predicted octanol–water partition coefficient (Wildman–Crippen LogP) is 2.23. The summed E-state index contributed by atoms with van der Waals surface area (Å²) in [6.07, 6.45) is 1.47. The van der Waals surface area contributed by atoms with Crippen molar-refractivity contribution in [3.8, 4) is 0 Å². The van der Waals surface area contributed by atoms with Crippen LogP contribution in [-0.4, -0.2) is 21.4 Å². The van der Waals surface area contributed by atoms with Crippen LogP contribution in [0.3, 0.4) is 0 Å². The Morgan fingerprint density at radius 1 is 1.37 bits per heavy atom. The molecule has 0 radical (unpaired) electrons. The van der Waals surface area contributed by atoms with Crippen LogP contribution in [0.25, 0.3) is 0 Å². The number of hydrazone groups is 1. The number of H-pyrrole nitrogens is 1. The van der Waals surface area contributed by atoms with Gasteiger partial charge in [-0.15, -0.1) is 10.2 Å². The molecule has 2 N–H and O–H groups in total. The van der Waals surface area contributed by atoms with E-state index in [-0.39, 0.29) is 17.2 Å². The molecule has 0 fully saturated rings. The summed E-state index contributed by atoms with van der Waals surface area (Å²) in [7, 11) is 0. The van der Waals surface area contributed by atoms with E-state index in [0.717, 1.165) is 0 Å². The number of anilines is 1. The van der Waals surface area contributed by atoms with Crippen molar-refractivity contribution in [2.45, 2.75) is 6.92 Å². The molecule has 0 unspecified atom stereocenters. The summed E-state index contributed by atoms with van der Waals surface area (Å²) in [6, 6.07) is 5.18. The monoisotopic (exact) mass is 297 g/mol. The normalized spacial score (nSPS) is 10.9. The lowest BCUT2D eigenvalue weighted by Crippen LogP contribution is -2.15. The first-order valence-corrected chi connectivity index (χ1v) is 6.00. The molecule has 0 atom stereocenters. The molecule has 0 bridgehead atoms. The highest BCUT2D eigenvalue weighted by Crippen LogP contribution is 2.24. The molecule has 1 heterocycles. The summed E-state index contributed by atoms with van der Waals surface area (Å²) >= 11 is 11.8. The first-order chi connectivity index (χ1) is 9.08. The van der Waals surface area contributed by atoms with Gasteiger partial charge in [0.2, 0.25) is 5.95 Å². The molecule has 2 aromatic rings. The van der Waals surface area contributed by atoms with Gasteiger partial charge in [-0.05, 0) is 13.0 Å². The minimum absolute atomic E-state index is 0.144. The highest BCUT2D eigenvalue weighted by Gasteiger charge is 2.01. The summed E-state index contributed by atoms with van der Waals surface area (Å²) in [5.74, 6) is 0.144. The highest BCUT2D eigenvalue weighted by molar-refractivity contribution is 6.43. The molecule has 0 aliphatic carbocycles. The zero-order valence-electron chi connectivity index (χ0n) is 9.82. The third kappa shape index (κ3) is 3.30. The Labute approximate surface area is 118 Å². The Morgan fingerprint density at radius 3 is 2.89 bits per heavy atom. The maximum atomic E-state index is 11.3. The van der Waals surface area contributed by atoms with Gasteiger partial charge in [0.1, 0.15) is 5.69 Å². The fourth-order valence-corrected chi connectivity index (χ4v) is 1.58. The van der Waals surface area contributed by atoms with Crippen LogP contribution in [0.1, 0.15) is 11.3 Å². The minimum Gasteiger partial charge on any atom is -0.288 e. The number of aromatic amines is 1. The number of hydrogen-bond donors (Lipinski definition) is 2. The first-order valence-electron chi connectivity index (χ1n) is 5.24. The molecule has 0 spiro atoms. The second-order valence-electron chi connectivity index (χ2n) is 3.60. The summed E-state index contributed by atoms with van der Waals surface area (Å²) < 4.78 is 0. The van der Waals surface area contributed by atoms with Crippen molar-refractivity contribution >= 4 is 35.4 Å². The Kier molecular flexibility index (Phi) is 4.13. The number of aromatic nitrogens is 3. The van der Waals surface area contributed by atoms with Gasteiger partial charge >= 0.3 is 0 Å². The largest absolute Gasteiger partial charge is 0.288 e. The maximum Gasteiger partial charge on any atom is 0.274 e. The number of halogens is 2. The van der Waals surface area contributed by atoms with Crippen LogP contribution in [0.5, 0.6) is 0 Å². The quantitative estimate of drug-likeness (QED) is 0.672. The molecule has 6 nitrogen and oxygen atoms in total. The van der Waals surface area contributed by atoms with Crippen LogP contribution in [0.15, 0.2) is 28.1 Å². The molecule has 0 saturated carbocycles. The Bertz CT molecular complexity index is 683. The molecule has 8 heteroatoms. The molecular weight excluding hydrogens is 289 g/mol. The topological polar surface area (TPSA) is 83.0 Å². The summed E-state index contributed by atoms with van der Waals surface area (Å²) in [4.78, 5) is 13.8. The Morgan fingerprint density at radius 2 is 2.16 bits per heavy atom.